The predicted octanol–water partition coefficient (Wildman–Crippen LogP) is 1.26. The highest BCUT2D eigenvalue weighted by Crippen LogP contribution is 2.01. The van der Waals surface area contributed by atoms with Crippen LogP contribution < -0.4 is 0 Å². The normalized spacial score (nSPS) is 18.8. The third kappa shape index (κ3) is 9.36. The van der Waals surface area contributed by atoms with Crippen molar-refractivity contribution in [3.8, 4) is 0 Å². The summed E-state index contributed by atoms with van der Waals surface area (Å²) in [5.74, 6) is 0. The van der Waals surface area contributed by atoms with Gasteiger partial charge in [-0.15, -0.1) is 24.8 Å². The number of likely N-dealkylation sites (N-methyl/N-ethyl adjacent to an activating group) is 1. The molecule has 1 rings (SSSR count). The Kier molecular flexibility index (Phi) is 14.3. The molecule has 0 amide bonds. The van der Waals surface area contributed by atoms with Gasteiger partial charge in [0.1, 0.15) is 0 Å². The Labute approximate surface area is 123 Å². The number of aliphatic hydroxyl groups excluding tert-OH is 1. The van der Waals surface area contributed by atoms with Gasteiger partial charge in [0, 0.05) is 39.3 Å². The van der Waals surface area contributed by atoms with Crippen molar-refractivity contribution in [3.63, 3.8) is 0 Å². The molecule has 0 bridgehead atoms. The Balaban J connectivity index is 0. The highest BCUT2D eigenvalue weighted by atomic mass is 35.5. The number of β-amino-alcohol motifs (C(OH)–C–C–N with tert-alkyl or cyclic N) is 1. The Bertz CT molecular complexity index is 179. The van der Waals surface area contributed by atoms with E-state index in [1.165, 1.54) is 0 Å². The molecule has 0 spiro atoms. The lowest BCUT2D eigenvalue weighted by atomic mass is 10.3. The Morgan fingerprint density at radius 1 is 1.17 bits per heavy atom. The number of piperazine rings is 1. The van der Waals surface area contributed by atoms with Gasteiger partial charge in [-0.05, 0) is 13.5 Å². The second-order valence-electron chi connectivity index (χ2n) is 4.69. The first-order valence-electron chi connectivity index (χ1n) is 6.39. The molecule has 1 fully saturated rings. The van der Waals surface area contributed by atoms with Gasteiger partial charge >= 0.3 is 0 Å². The average Bonchev–Trinajstić information content (AvgIpc) is 2.28. The van der Waals surface area contributed by atoms with E-state index in [2.05, 4.69) is 23.8 Å². The monoisotopic (exact) mass is 302 g/mol. The molecular weight excluding hydrogens is 275 g/mol. The van der Waals surface area contributed by atoms with Crippen molar-refractivity contribution in [2.45, 2.75) is 25.9 Å². The number of nitrogens with zero attached hydrogens (tertiary/aromatic N) is 2. The molecule has 0 aromatic heterocycles. The zero-order valence-electron chi connectivity index (χ0n) is 11.5. The summed E-state index contributed by atoms with van der Waals surface area (Å²) >= 11 is 0. The van der Waals surface area contributed by atoms with Gasteiger partial charge in [0.15, 0.2) is 0 Å². The molecule has 4 nitrogen and oxygen atoms in total. The van der Waals surface area contributed by atoms with Crippen LogP contribution in [0.5, 0.6) is 0 Å². The van der Waals surface area contributed by atoms with Crippen LogP contribution in [0.1, 0.15) is 19.8 Å². The fourth-order valence-electron chi connectivity index (χ4n) is 1.85. The van der Waals surface area contributed by atoms with E-state index in [1.54, 1.807) is 0 Å². The largest absolute Gasteiger partial charge is 0.389 e. The summed E-state index contributed by atoms with van der Waals surface area (Å²) < 4.78 is 5.41. The van der Waals surface area contributed by atoms with Crippen LogP contribution in [0.25, 0.3) is 0 Å². The van der Waals surface area contributed by atoms with Gasteiger partial charge in [0.25, 0.3) is 0 Å². The first-order chi connectivity index (χ1) is 7.72. The Morgan fingerprint density at radius 2 is 1.78 bits per heavy atom. The number of aliphatic hydroxyl groups is 1. The van der Waals surface area contributed by atoms with Gasteiger partial charge in [-0.25, -0.2) is 0 Å². The van der Waals surface area contributed by atoms with Crippen LogP contribution in [0.4, 0.5) is 0 Å². The summed E-state index contributed by atoms with van der Waals surface area (Å²) in [7, 11) is 2.14. The molecule has 0 saturated carbocycles. The van der Waals surface area contributed by atoms with Crippen LogP contribution in [0.15, 0.2) is 0 Å². The zero-order chi connectivity index (χ0) is 11.8. The molecule has 0 aliphatic carbocycles. The second kappa shape index (κ2) is 12.5. The number of rotatable bonds is 7. The van der Waals surface area contributed by atoms with E-state index in [-0.39, 0.29) is 30.9 Å². The summed E-state index contributed by atoms with van der Waals surface area (Å²) in [6.07, 6.45) is 1.90. The van der Waals surface area contributed by atoms with Crippen molar-refractivity contribution in [1.29, 1.82) is 0 Å². The lowest BCUT2D eigenvalue weighted by molar-refractivity contribution is 0.00821. The molecule has 0 aromatic rings. The standard InChI is InChI=1S/C12H26N2O2.2ClH/c1-3-4-9-16-11-12(15)10-14-7-5-13(2)6-8-14;;/h12,15H,3-11H2,1-2H3;2*1H. The van der Waals surface area contributed by atoms with Crippen molar-refractivity contribution >= 4 is 24.8 Å². The van der Waals surface area contributed by atoms with Gasteiger partial charge in [0.05, 0.1) is 12.7 Å². The number of hydrogen-bond donors (Lipinski definition) is 1. The van der Waals surface area contributed by atoms with Crippen molar-refractivity contribution < 1.29 is 9.84 Å². The van der Waals surface area contributed by atoms with E-state index in [9.17, 15) is 5.11 Å². The molecule has 1 heterocycles. The van der Waals surface area contributed by atoms with Crippen LogP contribution >= 0.6 is 24.8 Å². The maximum Gasteiger partial charge on any atom is 0.0900 e. The topological polar surface area (TPSA) is 35.9 Å². The fraction of sp³-hybridized carbons (Fsp3) is 1.00. The molecule has 112 valence electrons. The highest BCUT2D eigenvalue weighted by molar-refractivity contribution is 5.85. The third-order valence-corrected chi connectivity index (χ3v) is 3.02. The SMILES string of the molecule is CCCCOCC(O)CN1CCN(C)CC1.Cl.Cl. The molecule has 1 saturated heterocycles. The van der Waals surface area contributed by atoms with E-state index >= 15 is 0 Å². The third-order valence-electron chi connectivity index (χ3n) is 3.02. The van der Waals surface area contributed by atoms with Gasteiger partial charge in [-0.3, -0.25) is 4.90 Å². The fourth-order valence-corrected chi connectivity index (χ4v) is 1.85. The minimum absolute atomic E-state index is 0. The van der Waals surface area contributed by atoms with Crippen molar-refractivity contribution in [3.05, 3.63) is 0 Å². The van der Waals surface area contributed by atoms with Crippen molar-refractivity contribution in [1.82, 2.24) is 9.80 Å². The van der Waals surface area contributed by atoms with E-state index in [0.717, 1.165) is 52.2 Å². The van der Waals surface area contributed by atoms with Gasteiger partial charge in [-0.2, -0.15) is 0 Å². The molecule has 1 unspecified atom stereocenters. The quantitative estimate of drug-likeness (QED) is 0.718. The molecular formula is C12H28Cl2N2O2. The van der Waals surface area contributed by atoms with E-state index < -0.39 is 0 Å². The van der Waals surface area contributed by atoms with Crippen LogP contribution in [-0.4, -0.2) is 74.0 Å². The van der Waals surface area contributed by atoms with Gasteiger partial charge in [0.2, 0.25) is 0 Å². The minimum Gasteiger partial charge on any atom is -0.389 e. The molecule has 6 heteroatoms. The van der Waals surface area contributed by atoms with Gasteiger partial charge < -0.3 is 14.7 Å². The van der Waals surface area contributed by atoms with Crippen molar-refractivity contribution in [2.75, 3.05) is 53.0 Å². The molecule has 0 aromatic carbocycles. The average molecular weight is 303 g/mol. The van der Waals surface area contributed by atoms with E-state index in [4.69, 9.17) is 4.74 Å². The van der Waals surface area contributed by atoms with Crippen LogP contribution in [-0.2, 0) is 4.74 Å². The maximum atomic E-state index is 9.79. The summed E-state index contributed by atoms with van der Waals surface area (Å²) in [4.78, 5) is 4.63. The number of ether oxygens (including phenoxy) is 1. The number of unbranched alkanes of at least 4 members (excludes halogenated alkanes) is 1. The minimum atomic E-state index is -0.333. The molecule has 1 atom stereocenters. The van der Waals surface area contributed by atoms with Gasteiger partial charge in [-0.1, -0.05) is 13.3 Å². The number of halogens is 2. The summed E-state index contributed by atoms with van der Waals surface area (Å²) in [6.45, 7) is 8.46. The van der Waals surface area contributed by atoms with Crippen LogP contribution in [0.3, 0.4) is 0 Å². The molecule has 18 heavy (non-hydrogen) atoms. The predicted molar refractivity (Wildman–Crippen MR) is 80.2 cm³/mol. The summed E-state index contributed by atoms with van der Waals surface area (Å²) in [5.41, 5.74) is 0. The number of hydrogen-bond acceptors (Lipinski definition) is 4. The molecule has 1 aliphatic heterocycles. The lowest BCUT2D eigenvalue weighted by Crippen LogP contribution is -2.47. The molecule has 1 N–H and O–H groups in total. The van der Waals surface area contributed by atoms with Crippen molar-refractivity contribution in [2.24, 2.45) is 0 Å². The Morgan fingerprint density at radius 3 is 2.33 bits per heavy atom. The van der Waals surface area contributed by atoms with E-state index in [0.29, 0.717) is 6.61 Å². The van der Waals surface area contributed by atoms with Crippen LogP contribution in [0.2, 0.25) is 0 Å². The smallest absolute Gasteiger partial charge is 0.0900 e. The lowest BCUT2D eigenvalue weighted by Gasteiger charge is -2.33. The molecule has 0 radical (unpaired) electrons. The highest BCUT2D eigenvalue weighted by Gasteiger charge is 2.16. The van der Waals surface area contributed by atoms with E-state index in [1.807, 2.05) is 0 Å². The van der Waals surface area contributed by atoms with Crippen LogP contribution in [0, 0.1) is 0 Å². The summed E-state index contributed by atoms with van der Waals surface area (Å²) in [5, 5.41) is 9.79. The first-order valence-corrected chi connectivity index (χ1v) is 6.39. The summed E-state index contributed by atoms with van der Waals surface area (Å²) in [6, 6.07) is 0. The Hall–Kier alpha value is 0.420. The first kappa shape index (κ1) is 20.7. The molecule has 1 aliphatic rings. The zero-order valence-corrected chi connectivity index (χ0v) is 13.1. The second-order valence-corrected chi connectivity index (χ2v) is 4.69. The maximum absolute atomic E-state index is 9.79.